The van der Waals surface area contributed by atoms with Crippen molar-refractivity contribution < 1.29 is 0 Å². The van der Waals surface area contributed by atoms with Crippen molar-refractivity contribution >= 4 is 17.2 Å². The number of hydrogen-bond acceptors (Lipinski definition) is 3. The van der Waals surface area contributed by atoms with E-state index in [1.165, 1.54) is 42.6 Å². The maximum Gasteiger partial charge on any atom is 0.109 e. The predicted octanol–water partition coefficient (Wildman–Crippen LogP) is 4.99. The molecule has 0 spiro atoms. The number of benzene rings is 2. The van der Waals surface area contributed by atoms with Crippen LogP contribution in [-0.4, -0.2) is 51.5 Å². The zero-order valence-corrected chi connectivity index (χ0v) is 18.4. The molecule has 4 aliphatic rings. The highest BCUT2D eigenvalue weighted by Crippen LogP contribution is 2.47. The lowest BCUT2D eigenvalue weighted by Gasteiger charge is -2.51. The van der Waals surface area contributed by atoms with Gasteiger partial charge in [-0.3, -0.25) is 9.88 Å². The highest BCUT2D eigenvalue weighted by atomic mass is 32.1. The molecule has 5 heterocycles. The summed E-state index contributed by atoms with van der Waals surface area (Å²) in [7, 11) is 0. The monoisotopic (exact) mass is 425 g/mol. The van der Waals surface area contributed by atoms with Crippen molar-refractivity contribution in [2.24, 2.45) is 5.92 Å². The molecule has 3 unspecified atom stereocenters. The van der Waals surface area contributed by atoms with Crippen LogP contribution in [0.2, 0.25) is 0 Å². The molecule has 0 amide bonds. The number of nitrogens with zero attached hydrogens (tertiary/aromatic N) is 3. The van der Waals surface area contributed by atoms with Gasteiger partial charge in [-0.2, -0.15) is 0 Å². The molecule has 0 radical (unpaired) electrons. The Labute approximate surface area is 189 Å². The highest BCUT2D eigenvalue weighted by Gasteiger charge is 2.54. The van der Waals surface area contributed by atoms with Gasteiger partial charge in [-0.25, -0.2) is 0 Å². The van der Waals surface area contributed by atoms with E-state index >= 15 is 0 Å². The first-order chi connectivity index (χ1) is 15.3. The lowest BCUT2D eigenvalue weighted by Crippen LogP contribution is -2.60. The van der Waals surface area contributed by atoms with Crippen molar-refractivity contribution in [2.75, 3.05) is 19.6 Å². The molecule has 31 heavy (non-hydrogen) atoms. The van der Waals surface area contributed by atoms with E-state index in [2.05, 4.69) is 87.7 Å². The van der Waals surface area contributed by atoms with Crippen molar-refractivity contribution in [3.05, 3.63) is 90.3 Å². The average molecular weight is 426 g/mol. The molecule has 4 aliphatic heterocycles. The lowest BCUT2D eigenvalue weighted by molar-refractivity contribution is 0.0101. The van der Waals surface area contributed by atoms with Crippen LogP contribution in [0.3, 0.4) is 0 Å². The lowest BCUT2D eigenvalue weighted by atomic mass is 9.75. The molecule has 3 aromatic rings. The number of hydrogen-bond donors (Lipinski definition) is 0. The minimum absolute atomic E-state index is 0.475. The molecule has 2 aromatic carbocycles. The van der Waals surface area contributed by atoms with Crippen LogP contribution in [0.1, 0.15) is 29.9 Å². The summed E-state index contributed by atoms with van der Waals surface area (Å²) in [6, 6.07) is 24.8. The van der Waals surface area contributed by atoms with Crippen LogP contribution in [0, 0.1) is 5.92 Å². The molecule has 3 nitrogen and oxygen atoms in total. The Balaban J connectivity index is 1.31. The second kappa shape index (κ2) is 7.85. The summed E-state index contributed by atoms with van der Waals surface area (Å²) in [4.78, 5) is 10.7. The summed E-state index contributed by atoms with van der Waals surface area (Å²) >= 11 is 6.12. The fourth-order valence-corrected chi connectivity index (χ4v) is 6.48. The standard InChI is InChI=1S/C27H27N3S/c31-27(22-10-8-20(9-11-22)19-5-2-1-3-6-19)30-18-24(23-7-4-14-28-17-23)26-25(30)21-12-15-29(26)16-13-21/h1-11,14,17,21,24-26H,12-13,15-16,18H2. The summed E-state index contributed by atoms with van der Waals surface area (Å²) in [6.45, 7) is 3.46. The quantitative estimate of drug-likeness (QED) is 0.551. The van der Waals surface area contributed by atoms with Crippen molar-refractivity contribution in [3.63, 3.8) is 0 Å². The fourth-order valence-electron chi connectivity index (χ4n) is 6.14. The summed E-state index contributed by atoms with van der Waals surface area (Å²) < 4.78 is 0. The van der Waals surface area contributed by atoms with Crippen LogP contribution < -0.4 is 0 Å². The first-order valence-electron chi connectivity index (χ1n) is 11.4. The first kappa shape index (κ1) is 19.1. The van der Waals surface area contributed by atoms with E-state index in [4.69, 9.17) is 12.2 Å². The van der Waals surface area contributed by atoms with E-state index in [1.807, 2.05) is 6.20 Å². The van der Waals surface area contributed by atoms with E-state index in [1.54, 1.807) is 0 Å². The number of aromatic nitrogens is 1. The van der Waals surface area contributed by atoms with Gasteiger partial charge in [-0.15, -0.1) is 0 Å². The Morgan fingerprint density at radius 3 is 2.29 bits per heavy atom. The van der Waals surface area contributed by atoms with Gasteiger partial charge in [-0.05, 0) is 54.6 Å². The molecular formula is C27H27N3S. The topological polar surface area (TPSA) is 19.4 Å². The summed E-state index contributed by atoms with van der Waals surface area (Å²) in [5.41, 5.74) is 5.00. The Kier molecular flexibility index (Phi) is 4.85. The Morgan fingerprint density at radius 1 is 0.839 bits per heavy atom. The molecule has 1 aromatic heterocycles. The normalized spacial score (nSPS) is 29.0. The number of thiocarbonyl (C=S) groups is 1. The number of rotatable bonds is 3. The molecule has 7 rings (SSSR count). The third kappa shape index (κ3) is 3.29. The van der Waals surface area contributed by atoms with Gasteiger partial charge in [0.25, 0.3) is 0 Å². The van der Waals surface area contributed by atoms with E-state index in [0.717, 1.165) is 23.0 Å². The van der Waals surface area contributed by atoms with Gasteiger partial charge in [0.2, 0.25) is 0 Å². The molecule has 0 aliphatic carbocycles. The maximum atomic E-state index is 6.12. The Hall–Kier alpha value is -2.56. The molecule has 4 fully saturated rings. The van der Waals surface area contributed by atoms with E-state index in [-0.39, 0.29) is 0 Å². The molecule has 3 atom stereocenters. The Morgan fingerprint density at radius 2 is 1.58 bits per heavy atom. The second-order valence-corrected chi connectivity index (χ2v) is 9.54. The van der Waals surface area contributed by atoms with Crippen molar-refractivity contribution in [2.45, 2.75) is 30.8 Å². The molecule has 156 valence electrons. The van der Waals surface area contributed by atoms with Gasteiger partial charge < -0.3 is 4.90 Å². The molecule has 0 N–H and O–H groups in total. The molecule has 2 bridgehead atoms. The van der Waals surface area contributed by atoms with Gasteiger partial charge in [0, 0.05) is 42.5 Å². The summed E-state index contributed by atoms with van der Waals surface area (Å²) in [6.07, 6.45) is 6.53. The third-order valence-electron chi connectivity index (χ3n) is 7.61. The van der Waals surface area contributed by atoms with Crippen molar-refractivity contribution in [3.8, 4) is 11.1 Å². The summed E-state index contributed by atoms with van der Waals surface area (Å²) in [5.74, 6) is 1.22. The molecule has 4 saturated heterocycles. The van der Waals surface area contributed by atoms with E-state index in [0.29, 0.717) is 18.0 Å². The molecular weight excluding hydrogens is 398 g/mol. The third-order valence-corrected chi connectivity index (χ3v) is 8.08. The minimum atomic E-state index is 0.475. The van der Waals surface area contributed by atoms with Gasteiger partial charge >= 0.3 is 0 Å². The number of likely N-dealkylation sites (tertiary alicyclic amines) is 1. The number of pyridine rings is 1. The van der Waals surface area contributed by atoms with Gasteiger partial charge in [0.1, 0.15) is 4.99 Å². The van der Waals surface area contributed by atoms with Crippen LogP contribution in [-0.2, 0) is 0 Å². The zero-order valence-electron chi connectivity index (χ0n) is 17.6. The molecule has 0 saturated carbocycles. The van der Waals surface area contributed by atoms with E-state index < -0.39 is 0 Å². The van der Waals surface area contributed by atoms with E-state index in [9.17, 15) is 0 Å². The smallest absolute Gasteiger partial charge is 0.109 e. The summed E-state index contributed by atoms with van der Waals surface area (Å²) in [5, 5.41) is 0. The first-order valence-corrected chi connectivity index (χ1v) is 11.8. The fraction of sp³-hybridized carbons (Fsp3) is 0.333. The second-order valence-electron chi connectivity index (χ2n) is 9.15. The zero-order chi connectivity index (χ0) is 20.8. The van der Waals surface area contributed by atoms with Crippen LogP contribution in [0.15, 0.2) is 79.1 Å². The largest absolute Gasteiger partial charge is 0.357 e. The predicted molar refractivity (Wildman–Crippen MR) is 129 cm³/mol. The maximum absolute atomic E-state index is 6.12. The number of fused-ring (bicyclic) bond motifs is 2. The van der Waals surface area contributed by atoms with Gasteiger partial charge in [0.15, 0.2) is 0 Å². The van der Waals surface area contributed by atoms with Gasteiger partial charge in [0.05, 0.1) is 0 Å². The SMILES string of the molecule is S=C(c1ccc(-c2ccccc2)cc1)N1CC(c2cccnc2)C2C1C1CCN2CC1. The van der Waals surface area contributed by atoms with Crippen LogP contribution in [0.25, 0.3) is 11.1 Å². The van der Waals surface area contributed by atoms with Gasteiger partial charge in [-0.1, -0.05) is 72.9 Å². The van der Waals surface area contributed by atoms with Crippen LogP contribution >= 0.6 is 12.2 Å². The highest BCUT2D eigenvalue weighted by molar-refractivity contribution is 7.80. The average Bonchev–Trinajstić information content (AvgIpc) is 3.29. The van der Waals surface area contributed by atoms with Crippen LogP contribution in [0.4, 0.5) is 0 Å². The Bertz CT molecular complexity index is 1060. The van der Waals surface area contributed by atoms with Crippen molar-refractivity contribution in [1.82, 2.24) is 14.8 Å². The minimum Gasteiger partial charge on any atom is -0.357 e. The molecule has 4 heteroatoms. The van der Waals surface area contributed by atoms with Crippen LogP contribution in [0.5, 0.6) is 0 Å². The van der Waals surface area contributed by atoms with Crippen molar-refractivity contribution in [1.29, 1.82) is 0 Å². The number of piperidine rings is 3.